The lowest BCUT2D eigenvalue weighted by Crippen LogP contribution is -2.15. The lowest BCUT2D eigenvalue weighted by molar-refractivity contribution is -0.683. The van der Waals surface area contributed by atoms with Crippen LogP contribution in [-0.4, -0.2) is 26.7 Å². The molecule has 4 nitrogen and oxygen atoms in total. The largest absolute Gasteiger partial charge is 0.506 e. The van der Waals surface area contributed by atoms with Crippen LogP contribution in [0.15, 0.2) is 79.0 Å². The van der Waals surface area contributed by atoms with Crippen molar-refractivity contribution in [3.05, 3.63) is 95.8 Å². The molecular weight excluding hydrogens is 360 g/mol. The van der Waals surface area contributed by atoms with Gasteiger partial charge in [-0.3, -0.25) is 4.84 Å². The van der Waals surface area contributed by atoms with E-state index < -0.39 is 0 Å². The van der Waals surface area contributed by atoms with Gasteiger partial charge in [-0.15, -0.1) is 0 Å². The van der Waals surface area contributed by atoms with Gasteiger partial charge in [-0.2, -0.15) is 0 Å². The summed E-state index contributed by atoms with van der Waals surface area (Å²) < 4.78 is 1.21. The average Bonchev–Trinajstić information content (AvgIpc) is 2.72. The molecule has 0 unspecified atom stereocenters. The first-order valence-corrected chi connectivity index (χ1v) is 9.16. The van der Waals surface area contributed by atoms with E-state index in [9.17, 15) is 5.11 Å². The molecule has 3 aromatic rings. The van der Waals surface area contributed by atoms with E-state index >= 15 is 0 Å². The number of hydrogen-bond donors (Lipinski definition) is 1. The number of aromatic hydroxyl groups is 1. The van der Waals surface area contributed by atoms with Crippen molar-refractivity contribution < 1.29 is 14.2 Å². The molecule has 0 spiro atoms. The van der Waals surface area contributed by atoms with E-state index in [2.05, 4.69) is 29.2 Å². The van der Waals surface area contributed by atoms with E-state index in [1.807, 2.05) is 43.3 Å². The zero-order valence-electron chi connectivity index (χ0n) is 15.1. The number of pyridine rings is 1. The standard InChI is InChI=1S/C22H21ClN2O2/c1-17(22-13-12-20(26)16-24-22)25(23)27-15-14-21(18-8-4-2-5-9-18)19-10-6-3-7-11-19/h2-13,16,21H,14-15H2,1H3/p+1. The van der Waals surface area contributed by atoms with Crippen molar-refractivity contribution in [3.8, 4) is 5.75 Å². The Labute approximate surface area is 164 Å². The normalized spacial score (nSPS) is 12.0. The van der Waals surface area contributed by atoms with Crippen LogP contribution < -0.4 is 0 Å². The molecule has 2 aromatic carbocycles. The summed E-state index contributed by atoms with van der Waals surface area (Å²) in [5.41, 5.74) is 3.79. The lowest BCUT2D eigenvalue weighted by atomic mass is 9.89. The molecule has 1 aromatic heterocycles. The minimum Gasteiger partial charge on any atom is -0.506 e. The zero-order chi connectivity index (χ0) is 19.1. The maximum atomic E-state index is 9.35. The summed E-state index contributed by atoms with van der Waals surface area (Å²) >= 11 is 6.25. The van der Waals surface area contributed by atoms with Crippen molar-refractivity contribution in [2.75, 3.05) is 6.61 Å². The molecule has 138 valence electrons. The smallest absolute Gasteiger partial charge is 0.319 e. The molecule has 0 saturated carbocycles. The highest BCUT2D eigenvalue weighted by molar-refractivity contribution is 6.10. The van der Waals surface area contributed by atoms with Crippen molar-refractivity contribution in [2.45, 2.75) is 19.3 Å². The van der Waals surface area contributed by atoms with Gasteiger partial charge in [0.25, 0.3) is 5.71 Å². The number of hydrogen-bond acceptors (Lipinski definition) is 3. The van der Waals surface area contributed by atoms with Crippen molar-refractivity contribution in [2.24, 2.45) is 0 Å². The topological polar surface area (TPSA) is 45.4 Å². The predicted molar refractivity (Wildman–Crippen MR) is 107 cm³/mol. The summed E-state index contributed by atoms with van der Waals surface area (Å²) in [6, 6.07) is 24.0. The van der Waals surface area contributed by atoms with Gasteiger partial charge in [0.2, 0.25) is 0 Å². The van der Waals surface area contributed by atoms with Crippen molar-refractivity contribution in [3.63, 3.8) is 0 Å². The Kier molecular flexibility index (Phi) is 6.44. The molecule has 0 amide bonds. The molecule has 0 aliphatic carbocycles. The molecule has 5 heteroatoms. The van der Waals surface area contributed by atoms with Crippen LogP contribution in [0.5, 0.6) is 5.75 Å². The van der Waals surface area contributed by atoms with Gasteiger partial charge in [0, 0.05) is 12.8 Å². The number of halogens is 1. The van der Waals surface area contributed by atoms with Gasteiger partial charge in [0.05, 0.1) is 10.5 Å². The van der Waals surface area contributed by atoms with Crippen LogP contribution in [0.2, 0.25) is 0 Å². The fourth-order valence-electron chi connectivity index (χ4n) is 2.93. The van der Waals surface area contributed by atoms with Crippen LogP contribution in [0.4, 0.5) is 0 Å². The van der Waals surface area contributed by atoms with E-state index in [1.165, 1.54) is 21.6 Å². The van der Waals surface area contributed by atoms with Crippen LogP contribution in [0, 0.1) is 0 Å². The first kappa shape index (κ1) is 18.9. The van der Waals surface area contributed by atoms with Gasteiger partial charge in [-0.1, -0.05) is 60.7 Å². The molecular formula is C22H22ClN2O2+. The van der Waals surface area contributed by atoms with E-state index in [1.54, 1.807) is 12.1 Å². The molecule has 0 radical (unpaired) electrons. The van der Waals surface area contributed by atoms with Gasteiger partial charge in [-0.05, 0) is 29.7 Å². The summed E-state index contributed by atoms with van der Waals surface area (Å²) in [5.74, 6) is 0.340. The fourth-order valence-corrected chi connectivity index (χ4v) is 3.09. The third-order valence-electron chi connectivity index (χ3n) is 4.40. The molecule has 27 heavy (non-hydrogen) atoms. The summed E-state index contributed by atoms with van der Waals surface area (Å²) in [6.45, 7) is 2.27. The molecule has 0 fully saturated rings. The Morgan fingerprint density at radius 3 is 2.11 bits per heavy atom. The average molecular weight is 382 g/mol. The molecule has 0 saturated heterocycles. The van der Waals surface area contributed by atoms with Gasteiger partial charge >= 0.3 is 11.8 Å². The third-order valence-corrected chi connectivity index (χ3v) is 4.75. The Morgan fingerprint density at radius 1 is 1.00 bits per heavy atom. The third kappa shape index (κ3) is 5.08. The molecule has 3 rings (SSSR count). The van der Waals surface area contributed by atoms with Crippen LogP contribution in [0.1, 0.15) is 36.1 Å². The van der Waals surface area contributed by atoms with Gasteiger partial charge in [0.15, 0.2) is 6.61 Å². The summed E-state index contributed by atoms with van der Waals surface area (Å²) in [4.78, 5) is 9.87. The Bertz CT molecular complexity index is 842. The highest BCUT2D eigenvalue weighted by Crippen LogP contribution is 2.27. The van der Waals surface area contributed by atoms with Gasteiger partial charge in [-0.25, -0.2) is 4.98 Å². The zero-order valence-corrected chi connectivity index (χ0v) is 15.9. The lowest BCUT2D eigenvalue weighted by Gasteiger charge is -2.16. The number of benzene rings is 2. The molecule has 0 aliphatic heterocycles. The second kappa shape index (κ2) is 9.19. The minimum atomic E-state index is 0.113. The van der Waals surface area contributed by atoms with E-state index in [-0.39, 0.29) is 11.7 Å². The van der Waals surface area contributed by atoms with Crippen molar-refractivity contribution >= 4 is 17.5 Å². The monoisotopic (exact) mass is 381 g/mol. The van der Waals surface area contributed by atoms with Crippen molar-refractivity contribution in [1.29, 1.82) is 0 Å². The van der Waals surface area contributed by atoms with E-state index in [0.29, 0.717) is 18.0 Å². The first-order valence-electron chi connectivity index (χ1n) is 8.83. The fraction of sp³-hybridized carbons (Fsp3) is 0.182. The number of aromatic nitrogens is 1. The Morgan fingerprint density at radius 2 is 1.59 bits per heavy atom. The van der Waals surface area contributed by atoms with Crippen LogP contribution in [0.3, 0.4) is 0 Å². The number of nitrogens with zero attached hydrogens (tertiary/aromatic N) is 2. The molecule has 0 bridgehead atoms. The molecule has 0 aliphatic rings. The summed E-state index contributed by atoms with van der Waals surface area (Å²) in [6.07, 6.45) is 2.16. The second-order valence-electron chi connectivity index (χ2n) is 6.23. The molecule has 0 atom stereocenters. The summed E-state index contributed by atoms with van der Waals surface area (Å²) in [7, 11) is 0. The van der Waals surface area contributed by atoms with Gasteiger partial charge < -0.3 is 5.11 Å². The maximum absolute atomic E-state index is 9.35. The SMILES string of the molecule is CC(c1ccc(O)cn1)=[N+](Cl)OCCC(c1ccccc1)c1ccccc1. The van der Waals surface area contributed by atoms with Crippen LogP contribution >= 0.6 is 11.8 Å². The van der Waals surface area contributed by atoms with E-state index in [4.69, 9.17) is 16.6 Å². The Hall–Kier alpha value is -2.85. The molecule has 1 heterocycles. The van der Waals surface area contributed by atoms with Gasteiger partial charge in [0.1, 0.15) is 11.4 Å². The Balaban J connectivity index is 1.70. The van der Waals surface area contributed by atoms with Crippen molar-refractivity contribution in [1.82, 2.24) is 4.98 Å². The second-order valence-corrected chi connectivity index (χ2v) is 6.53. The van der Waals surface area contributed by atoms with Crippen LogP contribution in [-0.2, 0) is 4.84 Å². The maximum Gasteiger partial charge on any atom is 0.319 e. The molecule has 1 N–H and O–H groups in total. The summed E-state index contributed by atoms with van der Waals surface area (Å²) in [5, 5.41) is 9.35. The van der Waals surface area contributed by atoms with Crippen LogP contribution in [0.25, 0.3) is 0 Å². The van der Waals surface area contributed by atoms with E-state index in [0.717, 1.165) is 6.42 Å². The highest BCUT2D eigenvalue weighted by atomic mass is 35.5. The first-order chi connectivity index (χ1) is 13.1. The number of rotatable bonds is 7. The quantitative estimate of drug-likeness (QED) is 0.359. The minimum absolute atomic E-state index is 0.113. The predicted octanol–water partition coefficient (Wildman–Crippen LogP) is 4.92. The highest BCUT2D eigenvalue weighted by Gasteiger charge is 2.18.